The normalized spacial score (nSPS) is 27.1. The van der Waals surface area contributed by atoms with Crippen LogP contribution >= 0.6 is 0 Å². The third-order valence-electron chi connectivity index (χ3n) is 2.34. The number of aliphatic hydroxyl groups is 2. The van der Waals surface area contributed by atoms with Gasteiger partial charge in [-0.05, 0) is 6.92 Å². The lowest BCUT2D eigenvalue weighted by atomic mass is 10.1. The first-order valence-corrected chi connectivity index (χ1v) is 6.43. The molecule has 1 rings (SSSR count). The van der Waals surface area contributed by atoms with Crippen molar-refractivity contribution in [3.63, 3.8) is 0 Å². The second kappa shape index (κ2) is 4.14. The molecule has 1 aliphatic heterocycles. The Bertz CT molecular complexity index is 272. The van der Waals surface area contributed by atoms with Crippen LogP contribution in [0.25, 0.3) is 0 Å². The molecule has 5 nitrogen and oxygen atoms in total. The Morgan fingerprint density at radius 3 is 2.29 bits per heavy atom. The lowest BCUT2D eigenvalue weighted by Gasteiger charge is -2.32. The minimum atomic E-state index is -2.86. The van der Waals surface area contributed by atoms with E-state index in [2.05, 4.69) is 0 Å². The van der Waals surface area contributed by atoms with E-state index in [9.17, 15) is 13.5 Å². The summed E-state index contributed by atoms with van der Waals surface area (Å²) in [5.41, 5.74) is -1.14. The molecule has 1 saturated heterocycles. The van der Waals surface area contributed by atoms with Crippen molar-refractivity contribution < 1.29 is 18.6 Å². The smallest absolute Gasteiger partial charge is 0.152 e. The van der Waals surface area contributed by atoms with Crippen molar-refractivity contribution in [3.8, 4) is 0 Å². The fraction of sp³-hybridized carbons (Fsp3) is 1.00. The Morgan fingerprint density at radius 1 is 1.36 bits per heavy atom. The quantitative estimate of drug-likeness (QED) is 0.606. The van der Waals surface area contributed by atoms with E-state index in [1.807, 2.05) is 4.90 Å². The minimum Gasteiger partial charge on any atom is -0.393 e. The van der Waals surface area contributed by atoms with Gasteiger partial charge in [0.2, 0.25) is 0 Å². The van der Waals surface area contributed by atoms with E-state index in [-0.39, 0.29) is 18.1 Å². The second-order valence-electron chi connectivity index (χ2n) is 4.08. The molecule has 0 aromatic rings. The highest BCUT2D eigenvalue weighted by Gasteiger charge is 2.27. The van der Waals surface area contributed by atoms with E-state index in [1.54, 1.807) is 0 Å². The predicted molar refractivity (Wildman–Crippen MR) is 52.8 cm³/mol. The van der Waals surface area contributed by atoms with E-state index in [0.717, 1.165) is 0 Å². The van der Waals surface area contributed by atoms with Gasteiger partial charge >= 0.3 is 0 Å². The van der Waals surface area contributed by atoms with Crippen molar-refractivity contribution in [2.24, 2.45) is 0 Å². The SMILES string of the molecule is CC(O)(CO)CN1CCS(=O)(=O)CC1. The van der Waals surface area contributed by atoms with Crippen molar-refractivity contribution in [2.45, 2.75) is 12.5 Å². The van der Waals surface area contributed by atoms with Gasteiger partial charge in [-0.3, -0.25) is 4.90 Å². The van der Waals surface area contributed by atoms with Gasteiger partial charge < -0.3 is 10.2 Å². The van der Waals surface area contributed by atoms with E-state index < -0.39 is 15.4 Å². The fourth-order valence-electron chi connectivity index (χ4n) is 1.44. The van der Waals surface area contributed by atoms with Crippen LogP contribution in [0, 0.1) is 0 Å². The van der Waals surface area contributed by atoms with Crippen LogP contribution in [0.4, 0.5) is 0 Å². The summed E-state index contributed by atoms with van der Waals surface area (Å²) in [4.78, 5) is 1.86. The zero-order valence-corrected chi connectivity index (χ0v) is 9.13. The summed E-state index contributed by atoms with van der Waals surface area (Å²) in [7, 11) is -2.86. The van der Waals surface area contributed by atoms with Crippen molar-refractivity contribution in [1.82, 2.24) is 4.90 Å². The number of hydrogen-bond acceptors (Lipinski definition) is 5. The Labute approximate surface area is 84.3 Å². The average molecular weight is 223 g/mol. The Kier molecular flexibility index (Phi) is 3.52. The van der Waals surface area contributed by atoms with E-state index in [1.165, 1.54) is 6.92 Å². The number of β-amino-alcohol motifs (C(OH)–C–C–N with tert-alkyl or cyclic N) is 1. The van der Waals surface area contributed by atoms with Crippen molar-refractivity contribution in [3.05, 3.63) is 0 Å². The van der Waals surface area contributed by atoms with Crippen molar-refractivity contribution in [2.75, 3.05) is 37.7 Å². The van der Waals surface area contributed by atoms with Crippen LogP contribution in [0.2, 0.25) is 0 Å². The van der Waals surface area contributed by atoms with E-state index in [4.69, 9.17) is 5.11 Å². The maximum absolute atomic E-state index is 11.1. The number of rotatable bonds is 3. The van der Waals surface area contributed by atoms with Crippen LogP contribution in [-0.2, 0) is 9.84 Å². The largest absolute Gasteiger partial charge is 0.393 e. The van der Waals surface area contributed by atoms with Gasteiger partial charge in [-0.1, -0.05) is 0 Å². The van der Waals surface area contributed by atoms with E-state index in [0.29, 0.717) is 19.6 Å². The zero-order valence-electron chi connectivity index (χ0n) is 8.31. The summed E-state index contributed by atoms with van der Waals surface area (Å²) in [5.74, 6) is 0.295. The molecular weight excluding hydrogens is 206 g/mol. The molecule has 6 heteroatoms. The Balaban J connectivity index is 2.44. The predicted octanol–water partition coefficient (Wildman–Crippen LogP) is -1.54. The van der Waals surface area contributed by atoms with Crippen molar-refractivity contribution in [1.29, 1.82) is 0 Å². The van der Waals surface area contributed by atoms with Crippen LogP contribution in [0.5, 0.6) is 0 Å². The van der Waals surface area contributed by atoms with Crippen LogP contribution in [0.3, 0.4) is 0 Å². The lowest BCUT2D eigenvalue weighted by molar-refractivity contribution is -0.0238. The summed E-state index contributed by atoms with van der Waals surface area (Å²) in [5, 5.41) is 18.4. The molecule has 1 aliphatic rings. The molecule has 0 aromatic carbocycles. The molecule has 0 spiro atoms. The summed E-state index contributed by atoms with van der Waals surface area (Å²) < 4.78 is 22.2. The Hall–Kier alpha value is -0.170. The van der Waals surface area contributed by atoms with Crippen molar-refractivity contribution >= 4 is 9.84 Å². The molecule has 1 unspecified atom stereocenters. The molecule has 1 atom stereocenters. The first-order valence-electron chi connectivity index (χ1n) is 4.61. The van der Waals surface area contributed by atoms with Gasteiger partial charge in [0.25, 0.3) is 0 Å². The third-order valence-corrected chi connectivity index (χ3v) is 3.95. The number of hydrogen-bond donors (Lipinski definition) is 2. The monoisotopic (exact) mass is 223 g/mol. The van der Waals surface area contributed by atoms with Crippen LogP contribution in [-0.4, -0.2) is 66.9 Å². The second-order valence-corrected chi connectivity index (χ2v) is 6.39. The molecule has 0 radical (unpaired) electrons. The van der Waals surface area contributed by atoms with Crippen LogP contribution in [0.15, 0.2) is 0 Å². The molecule has 1 fully saturated rings. The first kappa shape index (κ1) is 11.9. The van der Waals surface area contributed by atoms with Gasteiger partial charge in [0, 0.05) is 19.6 Å². The highest BCUT2D eigenvalue weighted by atomic mass is 32.2. The molecular formula is C8H17NO4S. The maximum Gasteiger partial charge on any atom is 0.152 e. The number of nitrogens with zero attached hydrogens (tertiary/aromatic N) is 1. The van der Waals surface area contributed by atoms with Gasteiger partial charge in [-0.15, -0.1) is 0 Å². The van der Waals surface area contributed by atoms with Gasteiger partial charge in [-0.25, -0.2) is 8.42 Å². The zero-order chi connectivity index (χ0) is 10.8. The Morgan fingerprint density at radius 2 is 1.86 bits per heavy atom. The molecule has 1 heterocycles. The number of sulfone groups is 1. The summed E-state index contributed by atoms with van der Waals surface area (Å²) in [6.45, 7) is 2.43. The molecule has 0 amide bonds. The third kappa shape index (κ3) is 3.53. The fourth-order valence-corrected chi connectivity index (χ4v) is 2.72. The molecule has 0 bridgehead atoms. The number of aliphatic hydroxyl groups excluding tert-OH is 1. The van der Waals surface area contributed by atoms with Crippen LogP contribution < -0.4 is 0 Å². The van der Waals surface area contributed by atoms with Gasteiger partial charge in [0.1, 0.15) is 0 Å². The van der Waals surface area contributed by atoms with Crippen LogP contribution in [0.1, 0.15) is 6.92 Å². The van der Waals surface area contributed by atoms with Gasteiger partial charge in [0.15, 0.2) is 9.84 Å². The molecule has 0 saturated carbocycles. The highest BCUT2D eigenvalue weighted by molar-refractivity contribution is 7.91. The molecule has 0 aliphatic carbocycles. The topological polar surface area (TPSA) is 77.8 Å². The molecule has 14 heavy (non-hydrogen) atoms. The van der Waals surface area contributed by atoms with E-state index >= 15 is 0 Å². The molecule has 2 N–H and O–H groups in total. The van der Waals surface area contributed by atoms with Gasteiger partial charge in [-0.2, -0.15) is 0 Å². The summed E-state index contributed by atoms with van der Waals surface area (Å²) in [6, 6.07) is 0. The first-order chi connectivity index (χ1) is 6.35. The lowest BCUT2D eigenvalue weighted by Crippen LogP contribution is -2.49. The van der Waals surface area contributed by atoms with Gasteiger partial charge in [0.05, 0.1) is 23.7 Å². The highest BCUT2D eigenvalue weighted by Crippen LogP contribution is 2.09. The minimum absolute atomic E-state index is 0.147. The molecule has 0 aromatic heterocycles. The standard InChI is InChI=1S/C8H17NO4S/c1-8(11,7-10)6-9-2-4-14(12,13)5-3-9/h10-11H,2-7H2,1H3. The molecule has 84 valence electrons. The summed E-state index contributed by atoms with van der Waals surface area (Å²) >= 11 is 0. The summed E-state index contributed by atoms with van der Waals surface area (Å²) in [6.07, 6.45) is 0. The average Bonchev–Trinajstić information content (AvgIpc) is 2.09. The maximum atomic E-state index is 11.1.